The Morgan fingerprint density at radius 3 is 2.41 bits per heavy atom. The first kappa shape index (κ1) is 23.0. The van der Waals surface area contributed by atoms with Gasteiger partial charge in [-0.25, -0.2) is 4.98 Å². The SMILES string of the molecule is COc1ccc(-c2csc(CN3CCN(C(=O)C4(c5ccccc5)CCOCC4)CC3)n2)cc1. The van der Waals surface area contributed by atoms with E-state index in [0.29, 0.717) is 13.2 Å². The monoisotopic (exact) mass is 477 g/mol. The van der Waals surface area contributed by atoms with Gasteiger partial charge in [0.2, 0.25) is 5.91 Å². The van der Waals surface area contributed by atoms with E-state index in [-0.39, 0.29) is 5.91 Å². The maximum Gasteiger partial charge on any atom is 0.233 e. The third-order valence-electron chi connectivity index (χ3n) is 7.04. The fourth-order valence-electron chi connectivity index (χ4n) is 4.98. The molecule has 3 heterocycles. The van der Waals surface area contributed by atoms with Crippen LogP contribution in [0.2, 0.25) is 0 Å². The van der Waals surface area contributed by atoms with Gasteiger partial charge in [-0.2, -0.15) is 0 Å². The molecule has 0 unspecified atom stereocenters. The van der Waals surface area contributed by atoms with Gasteiger partial charge < -0.3 is 14.4 Å². The minimum atomic E-state index is -0.454. The van der Waals surface area contributed by atoms with Crippen LogP contribution in [-0.4, -0.2) is 67.2 Å². The number of piperazine rings is 1. The van der Waals surface area contributed by atoms with Gasteiger partial charge in [0.1, 0.15) is 10.8 Å². The minimum absolute atomic E-state index is 0.262. The highest BCUT2D eigenvalue weighted by molar-refractivity contribution is 7.09. The van der Waals surface area contributed by atoms with E-state index in [1.54, 1.807) is 18.4 Å². The normalized spacial score (nSPS) is 18.6. The molecule has 2 aliphatic heterocycles. The molecular formula is C27H31N3O3S. The number of ether oxygens (including phenoxy) is 2. The minimum Gasteiger partial charge on any atom is -0.497 e. The molecule has 2 aromatic carbocycles. The lowest BCUT2D eigenvalue weighted by atomic mass is 9.73. The third kappa shape index (κ3) is 4.73. The average Bonchev–Trinajstić information content (AvgIpc) is 3.38. The number of thiazole rings is 1. The maximum atomic E-state index is 13.8. The molecule has 0 spiro atoms. The summed E-state index contributed by atoms with van der Waals surface area (Å²) in [6.07, 6.45) is 1.51. The number of carbonyl (C=O) groups is 1. The Bertz CT molecular complexity index is 1090. The van der Waals surface area contributed by atoms with E-state index >= 15 is 0 Å². The molecule has 1 amide bonds. The van der Waals surface area contributed by atoms with Crippen molar-refractivity contribution in [3.63, 3.8) is 0 Å². The number of hydrogen-bond acceptors (Lipinski definition) is 6. The molecule has 0 aliphatic carbocycles. The van der Waals surface area contributed by atoms with Gasteiger partial charge in [-0.3, -0.25) is 9.69 Å². The van der Waals surface area contributed by atoms with Crippen LogP contribution >= 0.6 is 11.3 Å². The van der Waals surface area contributed by atoms with E-state index < -0.39 is 5.41 Å². The molecule has 2 aliphatic rings. The first-order valence-corrected chi connectivity index (χ1v) is 12.8. The number of carbonyl (C=O) groups excluding carboxylic acids is 1. The predicted octanol–water partition coefficient (Wildman–Crippen LogP) is 4.21. The van der Waals surface area contributed by atoms with Gasteiger partial charge in [-0.15, -0.1) is 11.3 Å². The molecule has 0 saturated carbocycles. The highest BCUT2D eigenvalue weighted by Crippen LogP contribution is 2.37. The molecule has 34 heavy (non-hydrogen) atoms. The molecule has 2 fully saturated rings. The molecule has 3 aromatic rings. The molecular weight excluding hydrogens is 446 g/mol. The first-order valence-electron chi connectivity index (χ1n) is 11.9. The fraction of sp³-hybridized carbons (Fsp3) is 0.407. The van der Waals surface area contributed by atoms with Crippen LogP contribution in [0, 0.1) is 0 Å². The molecule has 7 heteroatoms. The highest BCUT2D eigenvalue weighted by atomic mass is 32.1. The largest absolute Gasteiger partial charge is 0.497 e. The summed E-state index contributed by atoms with van der Waals surface area (Å²) in [6, 6.07) is 18.3. The Labute approximate surface area is 205 Å². The van der Waals surface area contributed by atoms with Crippen molar-refractivity contribution in [1.82, 2.24) is 14.8 Å². The summed E-state index contributed by atoms with van der Waals surface area (Å²) in [6.45, 7) is 5.34. The van der Waals surface area contributed by atoms with Crippen LogP contribution in [0.3, 0.4) is 0 Å². The fourth-order valence-corrected chi connectivity index (χ4v) is 5.83. The Kier molecular flexibility index (Phi) is 6.94. The Morgan fingerprint density at radius 1 is 1.03 bits per heavy atom. The number of benzene rings is 2. The van der Waals surface area contributed by atoms with Crippen molar-refractivity contribution in [2.24, 2.45) is 0 Å². The van der Waals surface area contributed by atoms with Crippen LogP contribution in [0.5, 0.6) is 5.75 Å². The molecule has 0 radical (unpaired) electrons. The van der Waals surface area contributed by atoms with E-state index in [0.717, 1.165) is 73.1 Å². The summed E-state index contributed by atoms with van der Waals surface area (Å²) in [4.78, 5) is 23.1. The van der Waals surface area contributed by atoms with Gasteiger partial charge in [0.25, 0.3) is 0 Å². The van der Waals surface area contributed by atoms with Crippen LogP contribution in [-0.2, 0) is 21.5 Å². The molecule has 1 aromatic heterocycles. The first-order chi connectivity index (χ1) is 16.7. The van der Waals surface area contributed by atoms with E-state index in [2.05, 4.69) is 27.3 Å². The Balaban J connectivity index is 1.21. The van der Waals surface area contributed by atoms with Gasteiger partial charge in [-0.1, -0.05) is 30.3 Å². The molecule has 6 nitrogen and oxygen atoms in total. The summed E-state index contributed by atoms with van der Waals surface area (Å²) in [5.74, 6) is 1.11. The third-order valence-corrected chi connectivity index (χ3v) is 7.87. The lowest BCUT2D eigenvalue weighted by molar-refractivity contribution is -0.143. The van der Waals surface area contributed by atoms with Crippen LogP contribution < -0.4 is 4.74 Å². The standard InChI is InChI=1S/C27H31N3O3S/c1-32-23-9-7-21(8-10-23)24-20-34-25(28-24)19-29-13-15-30(16-14-29)26(31)27(11-17-33-18-12-27)22-5-3-2-4-6-22/h2-10,20H,11-19H2,1H3. The Hall–Kier alpha value is -2.74. The summed E-state index contributed by atoms with van der Waals surface area (Å²) in [5, 5.41) is 3.22. The lowest BCUT2D eigenvalue weighted by Gasteiger charge is -2.43. The second-order valence-corrected chi connectivity index (χ2v) is 9.93. The van der Waals surface area contributed by atoms with E-state index in [1.807, 2.05) is 42.5 Å². The second-order valence-electron chi connectivity index (χ2n) is 8.98. The van der Waals surface area contributed by atoms with Gasteiger partial charge in [0, 0.05) is 50.3 Å². The summed E-state index contributed by atoms with van der Waals surface area (Å²) in [7, 11) is 1.67. The van der Waals surface area contributed by atoms with Crippen LogP contribution in [0.15, 0.2) is 60.0 Å². The van der Waals surface area contributed by atoms with Gasteiger partial charge in [0.05, 0.1) is 24.8 Å². The molecule has 0 atom stereocenters. The zero-order valence-corrected chi connectivity index (χ0v) is 20.4. The van der Waals surface area contributed by atoms with E-state index in [9.17, 15) is 4.79 Å². The summed E-state index contributed by atoms with van der Waals surface area (Å²) in [5.41, 5.74) is 2.77. The maximum absolute atomic E-state index is 13.8. The van der Waals surface area contributed by atoms with Crippen molar-refractivity contribution in [2.75, 3.05) is 46.5 Å². The topological polar surface area (TPSA) is 54.9 Å². The number of nitrogens with zero attached hydrogens (tertiary/aromatic N) is 3. The van der Waals surface area contributed by atoms with Crippen molar-refractivity contribution >= 4 is 17.2 Å². The quantitative estimate of drug-likeness (QED) is 0.532. The van der Waals surface area contributed by atoms with Crippen molar-refractivity contribution in [3.05, 3.63) is 70.5 Å². The number of aromatic nitrogens is 1. The summed E-state index contributed by atoms with van der Waals surface area (Å²) >= 11 is 1.70. The molecule has 0 bridgehead atoms. The number of hydrogen-bond donors (Lipinski definition) is 0. The van der Waals surface area contributed by atoms with Gasteiger partial charge >= 0.3 is 0 Å². The zero-order chi connectivity index (χ0) is 23.4. The van der Waals surface area contributed by atoms with Crippen molar-refractivity contribution in [3.8, 4) is 17.0 Å². The summed E-state index contributed by atoms with van der Waals surface area (Å²) < 4.78 is 10.9. The van der Waals surface area contributed by atoms with Gasteiger partial charge in [-0.05, 0) is 42.7 Å². The van der Waals surface area contributed by atoms with E-state index in [1.165, 1.54) is 0 Å². The van der Waals surface area contributed by atoms with Gasteiger partial charge in [0.15, 0.2) is 0 Å². The molecule has 5 rings (SSSR count). The van der Waals surface area contributed by atoms with Crippen molar-refractivity contribution in [2.45, 2.75) is 24.8 Å². The average molecular weight is 478 g/mol. The van der Waals surface area contributed by atoms with Crippen LogP contribution in [0.4, 0.5) is 0 Å². The second kappa shape index (κ2) is 10.3. The number of amides is 1. The van der Waals surface area contributed by atoms with Crippen molar-refractivity contribution < 1.29 is 14.3 Å². The van der Waals surface area contributed by atoms with Crippen LogP contribution in [0.1, 0.15) is 23.4 Å². The van der Waals surface area contributed by atoms with E-state index in [4.69, 9.17) is 14.5 Å². The molecule has 0 N–H and O–H groups in total. The predicted molar refractivity (Wildman–Crippen MR) is 134 cm³/mol. The number of methoxy groups -OCH3 is 1. The molecule has 178 valence electrons. The smallest absolute Gasteiger partial charge is 0.233 e. The molecule has 2 saturated heterocycles. The van der Waals surface area contributed by atoms with Crippen molar-refractivity contribution in [1.29, 1.82) is 0 Å². The zero-order valence-electron chi connectivity index (χ0n) is 19.6. The Morgan fingerprint density at radius 2 is 1.74 bits per heavy atom. The highest BCUT2D eigenvalue weighted by Gasteiger charge is 2.44. The lowest BCUT2D eigenvalue weighted by Crippen LogP contribution is -2.55. The number of rotatable bonds is 6. The van der Waals surface area contributed by atoms with Crippen LogP contribution in [0.25, 0.3) is 11.3 Å².